The minimum atomic E-state index is -0.995. The van der Waals surface area contributed by atoms with Crippen LogP contribution in [-0.4, -0.2) is 31.3 Å². The lowest BCUT2D eigenvalue weighted by atomic mass is 9.77. The summed E-state index contributed by atoms with van der Waals surface area (Å²) in [6.45, 7) is 2.74. The molecular formula is C24H23FN4O4. The first kappa shape index (κ1) is 20.9. The van der Waals surface area contributed by atoms with Crippen molar-refractivity contribution < 1.29 is 23.3 Å². The summed E-state index contributed by atoms with van der Waals surface area (Å²) in [6.07, 6.45) is 2.13. The van der Waals surface area contributed by atoms with Gasteiger partial charge in [-0.05, 0) is 43.3 Å². The molecule has 0 fully saturated rings. The maximum atomic E-state index is 15.0. The number of rotatable bonds is 5. The van der Waals surface area contributed by atoms with Gasteiger partial charge in [0, 0.05) is 35.5 Å². The van der Waals surface area contributed by atoms with Crippen LogP contribution in [0.25, 0.3) is 0 Å². The van der Waals surface area contributed by atoms with Gasteiger partial charge in [0.15, 0.2) is 23.1 Å². The summed E-state index contributed by atoms with van der Waals surface area (Å²) in [6, 6.07) is 12.2. The fourth-order valence-corrected chi connectivity index (χ4v) is 4.23. The highest BCUT2D eigenvalue weighted by atomic mass is 19.1. The number of methoxy groups -OCH3 is 1. The fourth-order valence-electron chi connectivity index (χ4n) is 4.23. The third-order valence-corrected chi connectivity index (χ3v) is 5.68. The Labute approximate surface area is 190 Å². The Balaban J connectivity index is 1.65. The number of fused-ring (bicyclic) bond motifs is 4. The molecule has 2 aliphatic heterocycles. The molecule has 3 aromatic rings. The smallest absolute Gasteiger partial charge is 0.283 e. The zero-order valence-electron chi connectivity index (χ0n) is 18.2. The number of hydrogen-bond donors (Lipinski definition) is 2. The first-order valence-electron chi connectivity index (χ1n) is 10.6. The molecule has 0 saturated heterocycles. The molecule has 2 aliphatic rings. The molecule has 0 aliphatic carbocycles. The van der Waals surface area contributed by atoms with Crippen molar-refractivity contribution >= 4 is 17.5 Å². The van der Waals surface area contributed by atoms with Crippen molar-refractivity contribution in [3.63, 3.8) is 0 Å². The molecule has 0 bridgehead atoms. The van der Waals surface area contributed by atoms with Crippen molar-refractivity contribution in [3.05, 3.63) is 65.6 Å². The number of ether oxygens (including phenoxy) is 4. The fraction of sp³-hybridized carbons (Fsp3) is 0.250. The second-order valence-electron chi connectivity index (χ2n) is 7.62. The van der Waals surface area contributed by atoms with Gasteiger partial charge in [0.25, 0.3) is 6.02 Å². The van der Waals surface area contributed by atoms with Crippen LogP contribution < -0.4 is 25.3 Å². The molecule has 3 heterocycles. The number of nitrogens with zero attached hydrogens (tertiary/aromatic N) is 2. The third kappa shape index (κ3) is 3.55. The Bertz CT molecular complexity index is 1250. The predicted molar refractivity (Wildman–Crippen MR) is 121 cm³/mol. The minimum Gasteiger partial charge on any atom is -0.497 e. The highest BCUT2D eigenvalue weighted by molar-refractivity contribution is 5.76. The van der Waals surface area contributed by atoms with E-state index in [1.54, 1.807) is 18.3 Å². The highest BCUT2D eigenvalue weighted by Gasteiger charge is 2.46. The molecule has 9 heteroatoms. The Hall–Kier alpha value is -4.01. The van der Waals surface area contributed by atoms with Crippen LogP contribution in [0.3, 0.4) is 0 Å². The van der Waals surface area contributed by atoms with E-state index in [1.807, 2.05) is 31.2 Å². The highest BCUT2D eigenvalue weighted by Crippen LogP contribution is 2.54. The van der Waals surface area contributed by atoms with E-state index in [4.69, 9.17) is 24.7 Å². The van der Waals surface area contributed by atoms with Crippen molar-refractivity contribution in [2.24, 2.45) is 10.7 Å². The molecule has 1 atom stereocenters. The van der Waals surface area contributed by atoms with Crippen LogP contribution >= 0.6 is 0 Å². The molecule has 8 nitrogen and oxygen atoms in total. The monoisotopic (exact) mass is 450 g/mol. The first-order chi connectivity index (χ1) is 16.0. The normalized spacial score (nSPS) is 18.3. The number of aromatic nitrogens is 1. The zero-order valence-corrected chi connectivity index (χ0v) is 18.2. The number of benzene rings is 2. The number of amidine groups is 1. The number of anilines is 2. The van der Waals surface area contributed by atoms with Crippen molar-refractivity contribution in [2.45, 2.75) is 18.9 Å². The molecule has 1 unspecified atom stereocenters. The molecule has 5 rings (SSSR count). The number of pyridine rings is 1. The van der Waals surface area contributed by atoms with E-state index < -0.39 is 11.4 Å². The van der Waals surface area contributed by atoms with E-state index in [9.17, 15) is 4.39 Å². The Kier molecular flexibility index (Phi) is 5.16. The maximum Gasteiger partial charge on any atom is 0.283 e. The molecule has 2 aromatic carbocycles. The van der Waals surface area contributed by atoms with E-state index in [0.29, 0.717) is 48.3 Å². The standard InChI is InChI=1S/C24H23FN4O4/c1-3-31-20-5-4-9-27-22(20)28-14-6-7-19-16(11-14)24(8-10-32-23(26)29-24)17-12-15(30-2)13-18(25)21(17)33-19/h4-7,9,11-13H,3,8,10H2,1-2H3,(H2,26,29)(H,27,28). The van der Waals surface area contributed by atoms with E-state index in [0.717, 1.165) is 11.3 Å². The van der Waals surface area contributed by atoms with E-state index >= 15 is 0 Å². The molecule has 170 valence electrons. The van der Waals surface area contributed by atoms with Gasteiger partial charge in [-0.1, -0.05) is 0 Å². The first-order valence-corrected chi connectivity index (χ1v) is 10.6. The Morgan fingerprint density at radius 1 is 1.21 bits per heavy atom. The van der Waals surface area contributed by atoms with Crippen LogP contribution in [0.5, 0.6) is 23.0 Å². The van der Waals surface area contributed by atoms with Gasteiger partial charge in [0.1, 0.15) is 17.0 Å². The van der Waals surface area contributed by atoms with Crippen LogP contribution in [0.15, 0.2) is 53.7 Å². The van der Waals surface area contributed by atoms with Crippen LogP contribution in [0.1, 0.15) is 24.5 Å². The van der Waals surface area contributed by atoms with Crippen LogP contribution in [0, 0.1) is 5.82 Å². The quantitative estimate of drug-likeness (QED) is 0.592. The number of nitrogens with one attached hydrogen (secondary N) is 1. The van der Waals surface area contributed by atoms with Gasteiger partial charge < -0.3 is 30.0 Å². The SMILES string of the molecule is CCOc1cccnc1Nc1ccc2c(c1)C1(CCOC(N)=N1)c1cc(OC)cc(F)c1O2. The zero-order chi connectivity index (χ0) is 23.0. The lowest BCUT2D eigenvalue weighted by molar-refractivity contribution is 0.217. The summed E-state index contributed by atoms with van der Waals surface area (Å²) in [5.74, 6) is 1.63. The molecule has 0 amide bonds. The Morgan fingerprint density at radius 3 is 2.88 bits per heavy atom. The summed E-state index contributed by atoms with van der Waals surface area (Å²) in [5.41, 5.74) is 7.00. The number of halogens is 1. The lowest BCUT2D eigenvalue weighted by Crippen LogP contribution is -2.38. The van der Waals surface area contributed by atoms with Gasteiger partial charge in [-0.2, -0.15) is 0 Å². The van der Waals surface area contributed by atoms with Gasteiger partial charge in [-0.15, -0.1) is 0 Å². The van der Waals surface area contributed by atoms with Crippen LogP contribution in [-0.2, 0) is 10.3 Å². The molecule has 0 saturated carbocycles. The van der Waals surface area contributed by atoms with E-state index in [1.165, 1.54) is 13.2 Å². The molecule has 1 aromatic heterocycles. The Morgan fingerprint density at radius 2 is 2.09 bits per heavy atom. The average molecular weight is 450 g/mol. The van der Waals surface area contributed by atoms with Gasteiger partial charge in [0.05, 0.1) is 20.3 Å². The van der Waals surface area contributed by atoms with E-state index in [-0.39, 0.29) is 11.8 Å². The molecule has 33 heavy (non-hydrogen) atoms. The predicted octanol–water partition coefficient (Wildman–Crippen LogP) is 4.46. The second kappa shape index (κ2) is 8.16. The van der Waals surface area contributed by atoms with Gasteiger partial charge >= 0.3 is 0 Å². The molecular weight excluding hydrogens is 427 g/mol. The van der Waals surface area contributed by atoms with Crippen LogP contribution in [0.4, 0.5) is 15.9 Å². The van der Waals surface area contributed by atoms with Crippen molar-refractivity contribution in [2.75, 3.05) is 25.6 Å². The third-order valence-electron chi connectivity index (χ3n) is 5.68. The number of nitrogens with two attached hydrogens (primary N) is 1. The summed E-state index contributed by atoms with van der Waals surface area (Å²) in [5, 5.41) is 3.30. The summed E-state index contributed by atoms with van der Waals surface area (Å²) in [7, 11) is 1.48. The number of hydrogen-bond acceptors (Lipinski definition) is 8. The van der Waals surface area contributed by atoms with E-state index in [2.05, 4.69) is 15.3 Å². The van der Waals surface area contributed by atoms with Crippen molar-refractivity contribution in [1.29, 1.82) is 0 Å². The lowest BCUT2D eigenvalue weighted by Gasteiger charge is -2.39. The van der Waals surface area contributed by atoms with Gasteiger partial charge in [0.2, 0.25) is 0 Å². The average Bonchev–Trinajstić information content (AvgIpc) is 2.82. The molecule has 1 spiro atoms. The number of aliphatic imine (C=N–C) groups is 1. The molecule has 3 N–H and O–H groups in total. The molecule has 0 radical (unpaired) electrons. The van der Waals surface area contributed by atoms with Gasteiger partial charge in [-0.25, -0.2) is 14.4 Å². The maximum absolute atomic E-state index is 15.0. The van der Waals surface area contributed by atoms with Crippen LogP contribution in [0.2, 0.25) is 0 Å². The van der Waals surface area contributed by atoms with Crippen molar-refractivity contribution in [3.8, 4) is 23.0 Å². The summed E-state index contributed by atoms with van der Waals surface area (Å²) < 4.78 is 37.4. The largest absolute Gasteiger partial charge is 0.497 e. The minimum absolute atomic E-state index is 0.0324. The van der Waals surface area contributed by atoms with Gasteiger partial charge in [-0.3, -0.25) is 0 Å². The summed E-state index contributed by atoms with van der Waals surface area (Å²) in [4.78, 5) is 9.06. The topological polar surface area (TPSA) is 100 Å². The second-order valence-corrected chi connectivity index (χ2v) is 7.62. The summed E-state index contributed by atoms with van der Waals surface area (Å²) >= 11 is 0. The van der Waals surface area contributed by atoms with Crippen molar-refractivity contribution in [1.82, 2.24) is 4.98 Å².